The molecule has 0 aromatic carbocycles. The first-order valence-electron chi connectivity index (χ1n) is 5.14. The fourth-order valence-electron chi connectivity index (χ4n) is 1.58. The molecule has 0 aliphatic rings. The molecule has 0 spiro atoms. The summed E-state index contributed by atoms with van der Waals surface area (Å²) in [5, 5.41) is 0. The third kappa shape index (κ3) is 2.97. The van der Waals surface area contributed by atoms with E-state index in [9.17, 15) is 18.0 Å². The van der Waals surface area contributed by atoms with Gasteiger partial charge in [-0.05, 0) is 17.7 Å². The molecule has 2 rings (SSSR count). The molecule has 2 aromatic heterocycles. The Kier molecular flexibility index (Phi) is 3.18. The minimum absolute atomic E-state index is 0.201. The average Bonchev–Trinajstić information content (AvgIpc) is 2.28. The summed E-state index contributed by atoms with van der Waals surface area (Å²) in [4.78, 5) is 17.4. The van der Waals surface area contributed by atoms with Crippen LogP contribution in [-0.4, -0.2) is 9.97 Å². The van der Waals surface area contributed by atoms with Crippen molar-refractivity contribution >= 4 is 0 Å². The van der Waals surface area contributed by atoms with Gasteiger partial charge in [0.2, 0.25) is 5.56 Å². The van der Waals surface area contributed by atoms with Crippen LogP contribution in [0.5, 0.6) is 0 Å². The Labute approximate surface area is 100 Å². The first kappa shape index (κ1) is 12.3. The number of hydrogen-bond acceptors (Lipinski definition) is 2. The summed E-state index contributed by atoms with van der Waals surface area (Å²) >= 11 is 0. The zero-order valence-corrected chi connectivity index (χ0v) is 9.16. The molecular formula is C12H9F3N2O. The van der Waals surface area contributed by atoms with Crippen molar-refractivity contribution in [1.29, 1.82) is 0 Å². The van der Waals surface area contributed by atoms with Crippen molar-refractivity contribution in [3.63, 3.8) is 0 Å². The summed E-state index contributed by atoms with van der Waals surface area (Å²) in [5.74, 6) is 0. The van der Waals surface area contributed by atoms with Crippen molar-refractivity contribution < 1.29 is 13.2 Å². The summed E-state index contributed by atoms with van der Waals surface area (Å²) in [6, 6.07) is 4.90. The Hall–Kier alpha value is -2.11. The SMILES string of the molecule is O=c1cc(C(F)(F)F)cc(Cc2cccnc2)[nH]1. The van der Waals surface area contributed by atoms with Crippen molar-refractivity contribution in [2.24, 2.45) is 0 Å². The molecule has 6 heteroatoms. The molecule has 0 unspecified atom stereocenters. The number of hydrogen-bond donors (Lipinski definition) is 1. The first-order chi connectivity index (χ1) is 8.45. The van der Waals surface area contributed by atoms with Gasteiger partial charge in [-0.25, -0.2) is 0 Å². The zero-order valence-electron chi connectivity index (χ0n) is 9.16. The van der Waals surface area contributed by atoms with Gasteiger partial charge in [0.1, 0.15) is 0 Å². The molecule has 0 saturated carbocycles. The molecule has 0 aliphatic carbocycles. The lowest BCUT2D eigenvalue weighted by Gasteiger charge is -2.08. The standard InChI is InChI=1S/C12H9F3N2O/c13-12(14,15)9-5-10(17-11(18)6-9)4-8-2-1-3-16-7-8/h1-3,5-7H,4H2,(H,17,18). The first-order valence-corrected chi connectivity index (χ1v) is 5.14. The van der Waals surface area contributed by atoms with Crippen LogP contribution in [0.2, 0.25) is 0 Å². The van der Waals surface area contributed by atoms with E-state index in [1.807, 2.05) is 0 Å². The van der Waals surface area contributed by atoms with E-state index in [0.29, 0.717) is 6.07 Å². The maximum absolute atomic E-state index is 12.5. The average molecular weight is 254 g/mol. The number of aromatic amines is 1. The number of nitrogens with zero attached hydrogens (tertiary/aromatic N) is 1. The summed E-state index contributed by atoms with van der Waals surface area (Å²) in [5.41, 5.74) is -0.760. The van der Waals surface area contributed by atoms with E-state index in [2.05, 4.69) is 9.97 Å². The van der Waals surface area contributed by atoms with Crippen LogP contribution < -0.4 is 5.56 Å². The Morgan fingerprint density at radius 2 is 2.06 bits per heavy atom. The van der Waals surface area contributed by atoms with Crippen LogP contribution in [-0.2, 0) is 12.6 Å². The normalized spacial score (nSPS) is 11.5. The third-order valence-corrected chi connectivity index (χ3v) is 2.34. The highest BCUT2D eigenvalue weighted by molar-refractivity contribution is 5.24. The minimum Gasteiger partial charge on any atom is -0.326 e. The Morgan fingerprint density at radius 3 is 2.67 bits per heavy atom. The van der Waals surface area contributed by atoms with Crippen LogP contribution in [0.4, 0.5) is 13.2 Å². The van der Waals surface area contributed by atoms with Crippen molar-refractivity contribution in [1.82, 2.24) is 9.97 Å². The Balaban J connectivity index is 2.35. The summed E-state index contributed by atoms with van der Waals surface area (Å²) in [6.45, 7) is 0. The van der Waals surface area contributed by atoms with Gasteiger partial charge in [0.15, 0.2) is 0 Å². The second kappa shape index (κ2) is 4.64. The van der Waals surface area contributed by atoms with E-state index in [1.54, 1.807) is 24.5 Å². The topological polar surface area (TPSA) is 45.8 Å². The molecule has 0 saturated heterocycles. The Bertz CT molecular complexity index is 590. The quantitative estimate of drug-likeness (QED) is 0.894. The summed E-state index contributed by atoms with van der Waals surface area (Å²) < 4.78 is 37.6. The fourth-order valence-corrected chi connectivity index (χ4v) is 1.58. The van der Waals surface area contributed by atoms with Gasteiger partial charge in [0, 0.05) is 30.6 Å². The highest BCUT2D eigenvalue weighted by atomic mass is 19.4. The van der Waals surface area contributed by atoms with Crippen LogP contribution >= 0.6 is 0 Å². The number of alkyl halides is 3. The number of rotatable bonds is 2. The van der Waals surface area contributed by atoms with Gasteiger partial charge in [-0.2, -0.15) is 13.2 Å². The van der Waals surface area contributed by atoms with E-state index in [-0.39, 0.29) is 12.1 Å². The van der Waals surface area contributed by atoms with Crippen LogP contribution in [0.25, 0.3) is 0 Å². The largest absolute Gasteiger partial charge is 0.416 e. The molecule has 2 heterocycles. The van der Waals surface area contributed by atoms with Crippen LogP contribution in [0.15, 0.2) is 41.5 Å². The molecule has 1 N–H and O–H groups in total. The minimum atomic E-state index is -4.52. The second-order valence-electron chi connectivity index (χ2n) is 3.79. The number of pyridine rings is 2. The van der Waals surface area contributed by atoms with Gasteiger partial charge < -0.3 is 4.98 Å². The van der Waals surface area contributed by atoms with Crippen LogP contribution in [0, 0.1) is 0 Å². The number of H-pyrrole nitrogens is 1. The summed E-state index contributed by atoms with van der Waals surface area (Å²) in [7, 11) is 0. The van der Waals surface area contributed by atoms with Crippen molar-refractivity contribution in [3.8, 4) is 0 Å². The molecule has 0 aliphatic heterocycles. The van der Waals surface area contributed by atoms with Crippen molar-refractivity contribution in [2.75, 3.05) is 0 Å². The van der Waals surface area contributed by atoms with Gasteiger partial charge in [0.25, 0.3) is 0 Å². The second-order valence-corrected chi connectivity index (χ2v) is 3.79. The van der Waals surface area contributed by atoms with Gasteiger partial charge in [-0.3, -0.25) is 9.78 Å². The fraction of sp³-hybridized carbons (Fsp3) is 0.167. The van der Waals surface area contributed by atoms with E-state index in [1.165, 1.54) is 0 Å². The predicted octanol–water partition coefficient (Wildman–Crippen LogP) is 2.38. The molecule has 0 bridgehead atoms. The van der Waals surface area contributed by atoms with Gasteiger partial charge in [0.05, 0.1) is 5.56 Å². The monoisotopic (exact) mass is 254 g/mol. The van der Waals surface area contributed by atoms with E-state index in [0.717, 1.165) is 11.6 Å². The van der Waals surface area contributed by atoms with E-state index >= 15 is 0 Å². The van der Waals surface area contributed by atoms with Gasteiger partial charge in [-0.15, -0.1) is 0 Å². The molecular weight excluding hydrogens is 245 g/mol. The van der Waals surface area contributed by atoms with Crippen molar-refractivity contribution in [3.05, 3.63) is 63.8 Å². The van der Waals surface area contributed by atoms with Crippen LogP contribution in [0.3, 0.4) is 0 Å². The molecule has 0 amide bonds. The third-order valence-electron chi connectivity index (χ3n) is 2.34. The summed E-state index contributed by atoms with van der Waals surface area (Å²) in [6.07, 6.45) is -1.21. The predicted molar refractivity (Wildman–Crippen MR) is 59.1 cm³/mol. The molecule has 0 atom stereocenters. The molecule has 18 heavy (non-hydrogen) atoms. The molecule has 0 radical (unpaired) electrons. The van der Waals surface area contributed by atoms with Gasteiger partial charge >= 0.3 is 6.18 Å². The lowest BCUT2D eigenvalue weighted by Crippen LogP contribution is -2.15. The molecule has 0 fully saturated rings. The molecule has 3 nitrogen and oxygen atoms in total. The maximum atomic E-state index is 12.5. The number of nitrogens with one attached hydrogen (secondary N) is 1. The Morgan fingerprint density at radius 1 is 1.28 bits per heavy atom. The van der Waals surface area contributed by atoms with E-state index in [4.69, 9.17) is 0 Å². The lowest BCUT2D eigenvalue weighted by molar-refractivity contribution is -0.137. The van der Waals surface area contributed by atoms with E-state index < -0.39 is 17.3 Å². The lowest BCUT2D eigenvalue weighted by atomic mass is 10.1. The van der Waals surface area contributed by atoms with Gasteiger partial charge in [-0.1, -0.05) is 6.07 Å². The maximum Gasteiger partial charge on any atom is 0.416 e. The highest BCUT2D eigenvalue weighted by Gasteiger charge is 2.31. The van der Waals surface area contributed by atoms with Crippen LogP contribution in [0.1, 0.15) is 16.8 Å². The van der Waals surface area contributed by atoms with Crippen molar-refractivity contribution in [2.45, 2.75) is 12.6 Å². The number of halogens is 3. The molecule has 2 aromatic rings. The highest BCUT2D eigenvalue weighted by Crippen LogP contribution is 2.28. The number of aromatic nitrogens is 2. The smallest absolute Gasteiger partial charge is 0.326 e. The molecule has 94 valence electrons. The zero-order chi connectivity index (χ0) is 13.2.